The molecule has 3 rings (SSSR count). The topological polar surface area (TPSA) is 134 Å². The maximum Gasteiger partial charge on any atom is 0.408 e. The molecule has 43 heavy (non-hydrogen) atoms. The number of carbonyl (C=O) groups excluding carboxylic acids is 5. The Hall–Kier alpha value is -3.17. The third-order valence-electron chi connectivity index (χ3n) is 9.21. The lowest BCUT2D eigenvalue weighted by molar-refractivity contribution is -0.145. The van der Waals surface area contributed by atoms with Crippen LogP contribution in [0.15, 0.2) is 25.3 Å². The molecule has 3 fully saturated rings. The van der Waals surface area contributed by atoms with Gasteiger partial charge in [0.1, 0.15) is 17.7 Å². The van der Waals surface area contributed by atoms with Crippen molar-refractivity contribution in [1.82, 2.24) is 20.9 Å². The standard InChI is InChI=1S/C33H52N4O6/c1-8-10-15-19-34-29(40)27(38)23(18-11-9-2)35-28(39)26-24-22(33(24,6)7)20-37(26)30(41)25(21-16-13-12-14-17-21)36-31(42)43-32(3,4)5/h8-9,21-26H,1-2,10-20H2,3-7H3,(H,34,40)(H,35,39)(H,36,42)/t22-,23?,24-,25-,26-/m0/s1. The van der Waals surface area contributed by atoms with E-state index in [1.165, 1.54) is 0 Å². The molecular weight excluding hydrogens is 548 g/mol. The summed E-state index contributed by atoms with van der Waals surface area (Å²) in [7, 11) is 0. The molecule has 0 spiro atoms. The van der Waals surface area contributed by atoms with Gasteiger partial charge in [0.25, 0.3) is 5.91 Å². The van der Waals surface area contributed by atoms with Crippen LogP contribution in [0.5, 0.6) is 0 Å². The van der Waals surface area contributed by atoms with Crippen LogP contribution >= 0.6 is 0 Å². The Kier molecular flexibility index (Phi) is 11.6. The fourth-order valence-corrected chi connectivity index (χ4v) is 6.78. The quantitative estimate of drug-likeness (QED) is 0.157. The summed E-state index contributed by atoms with van der Waals surface area (Å²) in [5.74, 6) is -2.25. The molecule has 0 aromatic rings. The maximum absolute atomic E-state index is 14.2. The third kappa shape index (κ3) is 8.70. The molecule has 240 valence electrons. The van der Waals surface area contributed by atoms with E-state index in [0.717, 1.165) is 32.1 Å². The first-order valence-corrected chi connectivity index (χ1v) is 15.9. The van der Waals surface area contributed by atoms with E-state index in [2.05, 4.69) is 43.0 Å². The van der Waals surface area contributed by atoms with Crippen LogP contribution in [-0.4, -0.2) is 71.3 Å². The molecule has 1 unspecified atom stereocenters. The van der Waals surface area contributed by atoms with E-state index >= 15 is 0 Å². The summed E-state index contributed by atoms with van der Waals surface area (Å²) in [4.78, 5) is 68.4. The van der Waals surface area contributed by atoms with Gasteiger partial charge >= 0.3 is 6.09 Å². The lowest BCUT2D eigenvalue weighted by Crippen LogP contribution is -2.59. The Labute approximate surface area is 256 Å². The van der Waals surface area contributed by atoms with Gasteiger partial charge in [0.15, 0.2) is 0 Å². The number of allylic oxidation sites excluding steroid dienone is 2. The summed E-state index contributed by atoms with van der Waals surface area (Å²) >= 11 is 0. The Morgan fingerprint density at radius 2 is 1.65 bits per heavy atom. The number of hydrogen-bond donors (Lipinski definition) is 3. The highest BCUT2D eigenvalue weighted by molar-refractivity contribution is 6.38. The van der Waals surface area contributed by atoms with Gasteiger partial charge in [-0.1, -0.05) is 45.3 Å². The molecule has 3 aliphatic rings. The fraction of sp³-hybridized carbons (Fsp3) is 0.727. The molecule has 3 N–H and O–H groups in total. The number of rotatable bonds is 14. The Balaban J connectivity index is 1.81. The second-order valence-corrected chi connectivity index (χ2v) is 13.9. The van der Waals surface area contributed by atoms with Crippen molar-refractivity contribution in [3.8, 4) is 0 Å². The lowest BCUT2D eigenvalue weighted by atomic mass is 9.83. The van der Waals surface area contributed by atoms with Gasteiger partial charge in [-0.15, -0.1) is 13.2 Å². The number of ketones is 1. The van der Waals surface area contributed by atoms with Gasteiger partial charge in [-0.05, 0) is 82.5 Å². The molecule has 0 aromatic carbocycles. The Bertz CT molecular complexity index is 1070. The van der Waals surface area contributed by atoms with E-state index in [-0.39, 0.29) is 35.5 Å². The summed E-state index contributed by atoms with van der Waals surface area (Å²) in [6.45, 7) is 17.6. The number of likely N-dealkylation sites (tertiary alicyclic amines) is 1. The number of carbonyl (C=O) groups is 5. The van der Waals surface area contributed by atoms with Crippen LogP contribution in [0, 0.1) is 23.2 Å². The molecule has 2 saturated carbocycles. The highest BCUT2D eigenvalue weighted by atomic mass is 16.6. The first kappa shape index (κ1) is 34.3. The molecule has 5 atom stereocenters. The summed E-state index contributed by atoms with van der Waals surface area (Å²) in [5.41, 5.74) is -0.877. The van der Waals surface area contributed by atoms with Crippen LogP contribution in [0.4, 0.5) is 4.79 Å². The van der Waals surface area contributed by atoms with Gasteiger partial charge < -0.3 is 25.6 Å². The van der Waals surface area contributed by atoms with Crippen molar-refractivity contribution < 1.29 is 28.7 Å². The van der Waals surface area contributed by atoms with Crippen LogP contribution in [-0.2, 0) is 23.9 Å². The van der Waals surface area contributed by atoms with E-state index in [9.17, 15) is 24.0 Å². The highest BCUT2D eigenvalue weighted by Gasteiger charge is 2.69. The number of hydrogen-bond acceptors (Lipinski definition) is 6. The van der Waals surface area contributed by atoms with Crippen LogP contribution in [0.25, 0.3) is 0 Å². The predicted molar refractivity (Wildman–Crippen MR) is 165 cm³/mol. The number of nitrogens with zero attached hydrogens (tertiary/aromatic N) is 1. The van der Waals surface area contributed by atoms with Crippen molar-refractivity contribution in [2.75, 3.05) is 13.1 Å². The molecule has 1 saturated heterocycles. The number of unbranched alkanes of at least 4 members (excludes halogenated alkanes) is 1. The summed E-state index contributed by atoms with van der Waals surface area (Å²) in [6.07, 6.45) is 9.35. The molecule has 10 nitrogen and oxygen atoms in total. The van der Waals surface area contributed by atoms with E-state index in [0.29, 0.717) is 32.4 Å². The number of Topliss-reactive ketones (excluding diaryl/α,β-unsaturated/α-hetero) is 1. The van der Waals surface area contributed by atoms with Crippen molar-refractivity contribution in [2.45, 2.75) is 116 Å². The van der Waals surface area contributed by atoms with Crippen LogP contribution in [0.2, 0.25) is 0 Å². The van der Waals surface area contributed by atoms with E-state index in [4.69, 9.17) is 4.74 Å². The summed E-state index contributed by atoms with van der Waals surface area (Å²) in [5, 5.41) is 8.31. The summed E-state index contributed by atoms with van der Waals surface area (Å²) < 4.78 is 5.50. The lowest BCUT2D eigenvalue weighted by Gasteiger charge is -2.37. The van der Waals surface area contributed by atoms with E-state index < -0.39 is 47.4 Å². The van der Waals surface area contributed by atoms with E-state index in [1.54, 1.807) is 37.8 Å². The normalized spacial score (nSPS) is 24.1. The molecular formula is C33H52N4O6. The number of nitrogens with one attached hydrogen (secondary N) is 3. The number of fused-ring (bicyclic) bond motifs is 1. The maximum atomic E-state index is 14.2. The van der Waals surface area contributed by atoms with Gasteiger partial charge in [-0.2, -0.15) is 0 Å². The van der Waals surface area contributed by atoms with Crippen molar-refractivity contribution >= 4 is 29.6 Å². The zero-order valence-corrected chi connectivity index (χ0v) is 26.7. The SMILES string of the molecule is C=CCCCNC(=O)C(=O)C(CCC=C)NC(=O)[C@@H]1[C@@H]2[C@H](CN1C(=O)[C@@H](NC(=O)OC(C)(C)C)C1CCCCC1)C2(C)C. The number of ether oxygens (including phenoxy) is 1. The molecule has 0 aromatic heterocycles. The first-order valence-electron chi connectivity index (χ1n) is 15.9. The predicted octanol–water partition coefficient (Wildman–Crippen LogP) is 4.05. The second-order valence-electron chi connectivity index (χ2n) is 13.9. The van der Waals surface area contributed by atoms with Crippen LogP contribution in [0.1, 0.15) is 92.4 Å². The van der Waals surface area contributed by atoms with Crippen molar-refractivity contribution in [2.24, 2.45) is 23.2 Å². The van der Waals surface area contributed by atoms with Gasteiger partial charge in [0.05, 0.1) is 6.04 Å². The highest BCUT2D eigenvalue weighted by Crippen LogP contribution is 2.65. The minimum atomic E-state index is -1.04. The van der Waals surface area contributed by atoms with Crippen molar-refractivity contribution in [3.05, 3.63) is 25.3 Å². The van der Waals surface area contributed by atoms with Gasteiger partial charge in [-0.3, -0.25) is 19.2 Å². The Morgan fingerprint density at radius 1 is 1.00 bits per heavy atom. The average Bonchev–Trinajstić information content (AvgIpc) is 3.27. The molecule has 0 bridgehead atoms. The molecule has 0 radical (unpaired) electrons. The minimum Gasteiger partial charge on any atom is -0.444 e. The average molecular weight is 601 g/mol. The first-order chi connectivity index (χ1) is 20.2. The van der Waals surface area contributed by atoms with Gasteiger partial charge in [0, 0.05) is 13.1 Å². The van der Waals surface area contributed by atoms with Gasteiger partial charge in [0.2, 0.25) is 17.6 Å². The molecule has 10 heteroatoms. The summed E-state index contributed by atoms with van der Waals surface area (Å²) in [6, 6.07) is -2.67. The molecule has 1 heterocycles. The van der Waals surface area contributed by atoms with E-state index in [1.807, 2.05) is 0 Å². The zero-order chi connectivity index (χ0) is 31.9. The number of amides is 4. The minimum absolute atomic E-state index is 0.0610. The second kappa shape index (κ2) is 14.5. The van der Waals surface area contributed by atoms with Crippen LogP contribution in [0.3, 0.4) is 0 Å². The molecule has 2 aliphatic carbocycles. The zero-order valence-electron chi connectivity index (χ0n) is 26.7. The van der Waals surface area contributed by atoms with Crippen molar-refractivity contribution in [1.29, 1.82) is 0 Å². The Morgan fingerprint density at radius 3 is 2.26 bits per heavy atom. The molecule has 1 aliphatic heterocycles. The monoisotopic (exact) mass is 600 g/mol. The largest absolute Gasteiger partial charge is 0.444 e. The number of alkyl carbamates (subject to hydrolysis) is 1. The fourth-order valence-electron chi connectivity index (χ4n) is 6.78. The smallest absolute Gasteiger partial charge is 0.408 e. The van der Waals surface area contributed by atoms with Gasteiger partial charge in [-0.25, -0.2) is 4.79 Å². The van der Waals surface area contributed by atoms with Crippen molar-refractivity contribution in [3.63, 3.8) is 0 Å². The molecule has 4 amide bonds. The number of piperidine rings is 1. The van der Waals surface area contributed by atoms with Crippen LogP contribution < -0.4 is 16.0 Å². The third-order valence-corrected chi connectivity index (χ3v) is 9.21.